The van der Waals surface area contributed by atoms with Crippen LogP contribution in [0, 0.1) is 6.92 Å². The van der Waals surface area contributed by atoms with Crippen LogP contribution in [0.5, 0.6) is 0 Å². The summed E-state index contributed by atoms with van der Waals surface area (Å²) in [5.74, 6) is 0.791. The molecule has 1 aromatic carbocycles. The van der Waals surface area contributed by atoms with Crippen molar-refractivity contribution in [2.75, 3.05) is 0 Å². The molecule has 2 rings (SSSR count). The molecule has 1 nitrogen and oxygen atoms in total. The molecule has 0 radical (unpaired) electrons. The molecule has 3 heteroatoms. The van der Waals surface area contributed by atoms with E-state index in [1.165, 1.54) is 0 Å². The van der Waals surface area contributed by atoms with E-state index in [9.17, 15) is 0 Å². The van der Waals surface area contributed by atoms with Gasteiger partial charge in [-0.2, -0.15) is 0 Å². The number of halogens is 2. The van der Waals surface area contributed by atoms with Crippen LogP contribution in [0.1, 0.15) is 22.3 Å². The maximum absolute atomic E-state index is 6.29. The van der Waals surface area contributed by atoms with Gasteiger partial charge in [-0.1, -0.05) is 23.7 Å². The average Bonchev–Trinajstić information content (AvgIpc) is 2.65. The molecule has 1 unspecified atom stereocenters. The minimum atomic E-state index is -0.253. The molecule has 1 aromatic heterocycles. The second kappa shape index (κ2) is 4.30. The Morgan fingerprint density at radius 2 is 1.80 bits per heavy atom. The minimum Gasteiger partial charge on any atom is -0.467 e. The second-order valence-electron chi connectivity index (χ2n) is 3.38. The highest BCUT2D eigenvalue weighted by molar-refractivity contribution is 6.30. The largest absolute Gasteiger partial charge is 0.467 e. The Labute approximate surface area is 98.6 Å². The molecule has 0 N–H and O–H groups in total. The van der Waals surface area contributed by atoms with Gasteiger partial charge in [-0.05, 0) is 36.2 Å². The number of furan rings is 1. The monoisotopic (exact) mass is 240 g/mol. The molecule has 0 aliphatic heterocycles. The first-order valence-electron chi connectivity index (χ1n) is 4.62. The standard InChI is InChI=1S/C12H10Cl2O/c1-8-6-7-15-12(8)11(14)9-2-4-10(13)5-3-9/h2-7,11H,1H3. The highest BCUT2D eigenvalue weighted by Crippen LogP contribution is 2.31. The molecule has 0 aliphatic carbocycles. The van der Waals surface area contributed by atoms with Crippen molar-refractivity contribution < 1.29 is 4.42 Å². The van der Waals surface area contributed by atoms with Crippen molar-refractivity contribution in [1.29, 1.82) is 0 Å². The van der Waals surface area contributed by atoms with Gasteiger partial charge in [-0.15, -0.1) is 11.6 Å². The fraction of sp³-hybridized carbons (Fsp3) is 0.167. The molecular weight excluding hydrogens is 231 g/mol. The average molecular weight is 241 g/mol. The molecule has 0 saturated carbocycles. The fourth-order valence-electron chi connectivity index (χ4n) is 1.43. The molecule has 0 bridgehead atoms. The van der Waals surface area contributed by atoms with E-state index >= 15 is 0 Å². The Balaban J connectivity index is 2.32. The summed E-state index contributed by atoms with van der Waals surface area (Å²) in [7, 11) is 0. The topological polar surface area (TPSA) is 13.1 Å². The molecule has 1 atom stereocenters. The minimum absolute atomic E-state index is 0.253. The van der Waals surface area contributed by atoms with Gasteiger partial charge < -0.3 is 4.42 Å². The van der Waals surface area contributed by atoms with E-state index in [-0.39, 0.29) is 5.38 Å². The molecule has 2 aromatic rings. The van der Waals surface area contributed by atoms with Gasteiger partial charge in [0, 0.05) is 5.02 Å². The zero-order valence-electron chi connectivity index (χ0n) is 8.21. The van der Waals surface area contributed by atoms with Crippen LogP contribution in [-0.2, 0) is 0 Å². The van der Waals surface area contributed by atoms with Crippen LogP contribution in [0.25, 0.3) is 0 Å². The highest BCUT2D eigenvalue weighted by atomic mass is 35.5. The number of rotatable bonds is 2. The zero-order chi connectivity index (χ0) is 10.8. The van der Waals surface area contributed by atoms with Crippen molar-refractivity contribution in [1.82, 2.24) is 0 Å². The smallest absolute Gasteiger partial charge is 0.128 e. The van der Waals surface area contributed by atoms with Gasteiger partial charge in [-0.3, -0.25) is 0 Å². The van der Waals surface area contributed by atoms with E-state index in [4.69, 9.17) is 27.6 Å². The van der Waals surface area contributed by atoms with Crippen molar-refractivity contribution in [3.05, 3.63) is 58.5 Å². The van der Waals surface area contributed by atoms with Crippen molar-refractivity contribution in [3.63, 3.8) is 0 Å². The maximum atomic E-state index is 6.29. The van der Waals surface area contributed by atoms with Gasteiger partial charge in [0.1, 0.15) is 11.1 Å². The Morgan fingerprint density at radius 1 is 1.13 bits per heavy atom. The third kappa shape index (κ3) is 2.19. The Morgan fingerprint density at radius 3 is 2.33 bits per heavy atom. The molecule has 0 spiro atoms. The Kier molecular flexibility index (Phi) is 3.03. The normalized spacial score (nSPS) is 12.7. The van der Waals surface area contributed by atoms with Gasteiger partial charge in [0.2, 0.25) is 0 Å². The lowest BCUT2D eigenvalue weighted by atomic mass is 10.1. The highest BCUT2D eigenvalue weighted by Gasteiger charge is 2.15. The molecule has 78 valence electrons. The van der Waals surface area contributed by atoms with Crippen molar-refractivity contribution in [2.45, 2.75) is 12.3 Å². The van der Waals surface area contributed by atoms with E-state index in [2.05, 4.69) is 0 Å². The van der Waals surface area contributed by atoms with Crippen LogP contribution in [0.15, 0.2) is 41.0 Å². The molecular formula is C12H10Cl2O. The molecule has 15 heavy (non-hydrogen) atoms. The predicted molar refractivity (Wildman–Crippen MR) is 62.6 cm³/mol. The Hall–Kier alpha value is -0.920. The van der Waals surface area contributed by atoms with E-state index in [0.717, 1.165) is 16.9 Å². The summed E-state index contributed by atoms with van der Waals surface area (Å²) < 4.78 is 5.35. The first kappa shape index (κ1) is 10.6. The summed E-state index contributed by atoms with van der Waals surface area (Å²) in [4.78, 5) is 0. The quantitative estimate of drug-likeness (QED) is 0.702. The van der Waals surface area contributed by atoms with Gasteiger partial charge in [0.05, 0.1) is 6.26 Å². The second-order valence-corrected chi connectivity index (χ2v) is 4.25. The summed E-state index contributed by atoms with van der Waals surface area (Å²) in [6.07, 6.45) is 1.65. The van der Waals surface area contributed by atoms with Crippen LogP contribution < -0.4 is 0 Å². The van der Waals surface area contributed by atoms with Gasteiger partial charge in [-0.25, -0.2) is 0 Å². The first-order valence-corrected chi connectivity index (χ1v) is 5.43. The number of hydrogen-bond acceptors (Lipinski definition) is 1. The molecule has 1 heterocycles. The lowest BCUT2D eigenvalue weighted by Crippen LogP contribution is -1.92. The first-order chi connectivity index (χ1) is 7.18. The van der Waals surface area contributed by atoms with Crippen molar-refractivity contribution in [3.8, 4) is 0 Å². The molecule has 0 saturated heterocycles. The van der Waals surface area contributed by atoms with Crippen LogP contribution in [0.4, 0.5) is 0 Å². The predicted octanol–water partition coefficient (Wildman–Crippen LogP) is 4.57. The number of hydrogen-bond donors (Lipinski definition) is 0. The third-order valence-electron chi connectivity index (χ3n) is 2.29. The third-order valence-corrected chi connectivity index (χ3v) is 3.00. The Bertz CT molecular complexity index is 445. The van der Waals surface area contributed by atoms with Crippen LogP contribution in [0.3, 0.4) is 0 Å². The van der Waals surface area contributed by atoms with E-state index in [1.54, 1.807) is 6.26 Å². The van der Waals surface area contributed by atoms with E-state index in [0.29, 0.717) is 5.02 Å². The summed E-state index contributed by atoms with van der Waals surface area (Å²) in [5.41, 5.74) is 2.05. The summed E-state index contributed by atoms with van der Waals surface area (Å²) in [6, 6.07) is 9.36. The lowest BCUT2D eigenvalue weighted by molar-refractivity contribution is 0.513. The van der Waals surface area contributed by atoms with Crippen molar-refractivity contribution in [2.24, 2.45) is 0 Å². The van der Waals surface area contributed by atoms with Crippen LogP contribution in [0.2, 0.25) is 5.02 Å². The molecule has 0 amide bonds. The molecule has 0 aliphatic rings. The number of aryl methyl sites for hydroxylation is 1. The summed E-state index contributed by atoms with van der Waals surface area (Å²) in [6.45, 7) is 1.98. The van der Waals surface area contributed by atoms with Crippen LogP contribution in [-0.4, -0.2) is 0 Å². The van der Waals surface area contributed by atoms with Gasteiger partial charge in [0.15, 0.2) is 0 Å². The van der Waals surface area contributed by atoms with Crippen molar-refractivity contribution >= 4 is 23.2 Å². The summed E-state index contributed by atoms with van der Waals surface area (Å²) >= 11 is 12.1. The summed E-state index contributed by atoms with van der Waals surface area (Å²) in [5, 5.41) is 0.455. The zero-order valence-corrected chi connectivity index (χ0v) is 9.72. The van der Waals surface area contributed by atoms with Gasteiger partial charge >= 0.3 is 0 Å². The van der Waals surface area contributed by atoms with E-state index in [1.807, 2.05) is 37.3 Å². The maximum Gasteiger partial charge on any atom is 0.128 e. The lowest BCUT2D eigenvalue weighted by Gasteiger charge is -2.08. The number of alkyl halides is 1. The van der Waals surface area contributed by atoms with Gasteiger partial charge in [0.25, 0.3) is 0 Å². The SMILES string of the molecule is Cc1ccoc1C(Cl)c1ccc(Cl)cc1. The number of benzene rings is 1. The fourth-order valence-corrected chi connectivity index (χ4v) is 1.92. The van der Waals surface area contributed by atoms with E-state index < -0.39 is 0 Å². The van der Waals surface area contributed by atoms with Crippen LogP contribution >= 0.6 is 23.2 Å². The molecule has 0 fully saturated rings.